The summed E-state index contributed by atoms with van der Waals surface area (Å²) >= 11 is 0. The summed E-state index contributed by atoms with van der Waals surface area (Å²) in [6.07, 6.45) is 2.86. The third-order valence-electron chi connectivity index (χ3n) is 1.06. The van der Waals surface area contributed by atoms with Crippen molar-refractivity contribution in [1.29, 1.82) is 5.26 Å². The van der Waals surface area contributed by atoms with E-state index in [1.54, 1.807) is 0 Å². The fourth-order valence-electron chi connectivity index (χ4n) is 0.637. The predicted octanol–water partition coefficient (Wildman–Crippen LogP) is 2.50. The van der Waals surface area contributed by atoms with Gasteiger partial charge in [0.15, 0.2) is 0 Å². The summed E-state index contributed by atoms with van der Waals surface area (Å²) in [4.78, 5) is 0. The number of rotatable bonds is 2. The normalized spacial score (nSPS) is 11.7. The van der Waals surface area contributed by atoms with Gasteiger partial charge in [-0.15, -0.1) is 0 Å². The third kappa shape index (κ3) is 3.78. The Labute approximate surface area is 57.0 Å². The van der Waals surface area contributed by atoms with Crippen LogP contribution < -0.4 is 0 Å². The van der Waals surface area contributed by atoms with Gasteiger partial charge >= 0.3 is 0 Å². The molecule has 0 unspecified atom stereocenters. The molecule has 0 rings (SSSR count). The van der Waals surface area contributed by atoms with E-state index in [2.05, 4.69) is 19.9 Å². The molecule has 0 N–H and O–H groups in total. The maximum absolute atomic E-state index is 8.46. The second-order valence-electron chi connectivity index (χ2n) is 2.40. The summed E-state index contributed by atoms with van der Waals surface area (Å²) < 4.78 is 0. The van der Waals surface area contributed by atoms with Crippen molar-refractivity contribution in [2.24, 2.45) is 5.92 Å². The van der Waals surface area contributed by atoms with E-state index in [4.69, 9.17) is 5.26 Å². The van der Waals surface area contributed by atoms with Crippen molar-refractivity contribution >= 4 is 0 Å². The molecule has 0 amide bonds. The maximum atomic E-state index is 8.46. The van der Waals surface area contributed by atoms with Crippen LogP contribution in [0.25, 0.3) is 0 Å². The third-order valence-corrected chi connectivity index (χ3v) is 1.06. The van der Waals surface area contributed by atoms with E-state index >= 15 is 0 Å². The van der Waals surface area contributed by atoms with Crippen molar-refractivity contribution in [3.63, 3.8) is 0 Å². The zero-order chi connectivity index (χ0) is 7.28. The van der Waals surface area contributed by atoms with Crippen molar-refractivity contribution in [3.8, 4) is 6.07 Å². The molecule has 0 spiro atoms. The Hall–Kier alpha value is -0.770. The molecular weight excluding hydrogens is 110 g/mol. The molecule has 0 radical (unpaired) electrons. The highest BCUT2D eigenvalue weighted by atomic mass is 14.2. The number of allylic oxidation sites excluding steroid dienone is 2. The van der Waals surface area contributed by atoms with Gasteiger partial charge in [-0.2, -0.15) is 5.26 Å². The lowest BCUT2D eigenvalue weighted by Crippen LogP contribution is -1.82. The van der Waals surface area contributed by atoms with Crippen LogP contribution in [0.2, 0.25) is 0 Å². The second kappa shape index (κ2) is 4.14. The molecule has 1 heteroatoms. The fraction of sp³-hybridized carbons (Fsp3) is 0.625. The number of hydrogen-bond donors (Lipinski definition) is 0. The van der Waals surface area contributed by atoms with E-state index in [9.17, 15) is 0 Å². The minimum atomic E-state index is 0.500. The first-order valence-corrected chi connectivity index (χ1v) is 3.31. The summed E-state index contributed by atoms with van der Waals surface area (Å²) in [6.45, 7) is 6.15. The standard InChI is InChI=1S/C8H13N/c1-4-8(6-9)5-7(2)3/h5,7H,4H2,1-3H3. The van der Waals surface area contributed by atoms with Crippen LogP contribution in [0.1, 0.15) is 27.2 Å². The zero-order valence-corrected chi connectivity index (χ0v) is 6.31. The Kier molecular flexibility index (Phi) is 3.79. The molecular formula is C8H13N. The molecule has 0 aromatic heterocycles. The molecule has 0 saturated carbocycles. The molecule has 0 aliphatic rings. The molecule has 0 aromatic carbocycles. The van der Waals surface area contributed by atoms with E-state index in [0.717, 1.165) is 12.0 Å². The van der Waals surface area contributed by atoms with Gasteiger partial charge in [0.05, 0.1) is 6.07 Å². The zero-order valence-electron chi connectivity index (χ0n) is 6.31. The Balaban J connectivity index is 3.96. The Morgan fingerprint density at radius 2 is 2.22 bits per heavy atom. The van der Waals surface area contributed by atoms with Crippen LogP contribution >= 0.6 is 0 Å². The average Bonchev–Trinajstić information content (AvgIpc) is 1.82. The van der Waals surface area contributed by atoms with Crippen LogP contribution in [0, 0.1) is 17.2 Å². The number of nitrogens with zero attached hydrogens (tertiary/aromatic N) is 1. The highest BCUT2D eigenvalue weighted by molar-refractivity contribution is 5.20. The maximum Gasteiger partial charge on any atom is 0.0943 e. The van der Waals surface area contributed by atoms with Crippen LogP contribution in [-0.2, 0) is 0 Å². The summed E-state index contributed by atoms with van der Waals surface area (Å²) in [5.74, 6) is 0.500. The van der Waals surface area contributed by atoms with Gasteiger partial charge in [-0.1, -0.05) is 26.8 Å². The van der Waals surface area contributed by atoms with Crippen LogP contribution in [0.5, 0.6) is 0 Å². The van der Waals surface area contributed by atoms with E-state index in [0.29, 0.717) is 5.92 Å². The largest absolute Gasteiger partial charge is 0.193 e. The van der Waals surface area contributed by atoms with Crippen molar-refractivity contribution < 1.29 is 0 Å². The van der Waals surface area contributed by atoms with E-state index in [1.807, 2.05) is 13.0 Å². The molecule has 0 fully saturated rings. The lowest BCUT2D eigenvalue weighted by Gasteiger charge is -1.94. The molecule has 0 atom stereocenters. The highest BCUT2D eigenvalue weighted by Gasteiger charge is 1.91. The Bertz CT molecular complexity index is 137. The first kappa shape index (κ1) is 8.23. The predicted molar refractivity (Wildman–Crippen MR) is 38.8 cm³/mol. The minimum Gasteiger partial charge on any atom is -0.193 e. The minimum absolute atomic E-state index is 0.500. The van der Waals surface area contributed by atoms with Crippen molar-refractivity contribution in [2.45, 2.75) is 27.2 Å². The summed E-state index contributed by atoms with van der Waals surface area (Å²) in [6, 6.07) is 2.14. The van der Waals surface area contributed by atoms with Gasteiger partial charge in [-0.25, -0.2) is 0 Å². The molecule has 0 saturated heterocycles. The average molecular weight is 123 g/mol. The molecule has 0 heterocycles. The molecule has 0 bridgehead atoms. The topological polar surface area (TPSA) is 23.8 Å². The van der Waals surface area contributed by atoms with Crippen LogP contribution in [0.3, 0.4) is 0 Å². The Morgan fingerprint density at radius 1 is 1.67 bits per heavy atom. The molecule has 9 heavy (non-hydrogen) atoms. The van der Waals surface area contributed by atoms with Crippen molar-refractivity contribution in [1.82, 2.24) is 0 Å². The fourth-order valence-corrected chi connectivity index (χ4v) is 0.637. The SMILES string of the molecule is CCC(C#N)=CC(C)C. The van der Waals surface area contributed by atoms with E-state index in [1.165, 1.54) is 0 Å². The van der Waals surface area contributed by atoms with Crippen LogP contribution in [-0.4, -0.2) is 0 Å². The first-order chi connectivity index (χ1) is 4.20. The Morgan fingerprint density at radius 3 is 2.33 bits per heavy atom. The molecule has 0 aromatic rings. The van der Waals surface area contributed by atoms with Gasteiger partial charge in [-0.3, -0.25) is 0 Å². The second-order valence-corrected chi connectivity index (χ2v) is 2.40. The van der Waals surface area contributed by atoms with Crippen molar-refractivity contribution in [2.75, 3.05) is 0 Å². The summed E-state index contributed by atoms with van der Waals surface area (Å²) in [7, 11) is 0. The summed E-state index contributed by atoms with van der Waals surface area (Å²) in [5.41, 5.74) is 0.894. The van der Waals surface area contributed by atoms with Crippen LogP contribution in [0.15, 0.2) is 11.6 Å². The summed E-state index contributed by atoms with van der Waals surface area (Å²) in [5, 5.41) is 8.46. The molecule has 0 aliphatic heterocycles. The molecule has 0 aliphatic carbocycles. The monoisotopic (exact) mass is 123 g/mol. The molecule has 50 valence electrons. The number of hydrogen-bond acceptors (Lipinski definition) is 1. The first-order valence-electron chi connectivity index (χ1n) is 3.31. The van der Waals surface area contributed by atoms with Gasteiger partial charge in [0, 0.05) is 5.57 Å². The van der Waals surface area contributed by atoms with Gasteiger partial charge in [0.25, 0.3) is 0 Å². The highest BCUT2D eigenvalue weighted by Crippen LogP contribution is 2.03. The van der Waals surface area contributed by atoms with Gasteiger partial charge < -0.3 is 0 Å². The lowest BCUT2D eigenvalue weighted by atomic mass is 10.1. The van der Waals surface area contributed by atoms with Gasteiger partial charge in [0.2, 0.25) is 0 Å². The van der Waals surface area contributed by atoms with E-state index < -0.39 is 0 Å². The smallest absolute Gasteiger partial charge is 0.0943 e. The van der Waals surface area contributed by atoms with E-state index in [-0.39, 0.29) is 0 Å². The van der Waals surface area contributed by atoms with Crippen LogP contribution in [0.4, 0.5) is 0 Å². The van der Waals surface area contributed by atoms with Gasteiger partial charge in [0.1, 0.15) is 0 Å². The number of nitriles is 1. The van der Waals surface area contributed by atoms with Crippen molar-refractivity contribution in [3.05, 3.63) is 11.6 Å². The quantitative estimate of drug-likeness (QED) is 0.517. The van der Waals surface area contributed by atoms with Gasteiger partial charge in [-0.05, 0) is 12.3 Å². The lowest BCUT2D eigenvalue weighted by molar-refractivity contribution is 0.819. The molecule has 1 nitrogen and oxygen atoms in total.